The van der Waals surface area contributed by atoms with Gasteiger partial charge in [-0.3, -0.25) is 0 Å². The number of halogens is 5. The van der Waals surface area contributed by atoms with Gasteiger partial charge >= 0.3 is 0 Å². The lowest BCUT2D eigenvalue weighted by atomic mass is 9.73. The Labute approximate surface area is 245 Å². The van der Waals surface area contributed by atoms with E-state index in [4.69, 9.17) is 5.26 Å². The SMILES string of the molecule is CCCCCc1ccc(CCC2CCc3c(F)c(C4CCC(c5ccc(C#N)cc5)CC4)c(F)c(F)c3C2)c(F)c1F. The molecule has 0 spiro atoms. The Morgan fingerprint density at radius 2 is 1.33 bits per heavy atom. The molecule has 1 nitrogen and oxygen atoms in total. The predicted molar refractivity (Wildman–Crippen MR) is 155 cm³/mol. The first-order valence-electron chi connectivity index (χ1n) is 15.5. The summed E-state index contributed by atoms with van der Waals surface area (Å²) in [5, 5.41) is 9.02. The maximum absolute atomic E-state index is 15.8. The standard InChI is InChI=1S/C36H38F5N/c1-2-3-4-5-27-17-18-28(33(38)32(27)37)12-6-22-9-19-29-30(20-22)35(40)36(41)31(34(29)39)26-15-13-25(14-16-26)24-10-7-23(21-42)8-11-24/h7-8,10-11,17-18,22,25-26H,2-6,9,12-16,19-20H2,1H3. The molecular weight excluding hydrogens is 541 g/mol. The Morgan fingerprint density at radius 3 is 1.98 bits per heavy atom. The van der Waals surface area contributed by atoms with E-state index in [0.717, 1.165) is 37.7 Å². The molecule has 0 amide bonds. The summed E-state index contributed by atoms with van der Waals surface area (Å²) in [6.45, 7) is 2.06. The van der Waals surface area contributed by atoms with Gasteiger partial charge in [-0.05, 0) is 128 Å². The monoisotopic (exact) mass is 579 g/mol. The van der Waals surface area contributed by atoms with Gasteiger partial charge in [0, 0.05) is 5.56 Å². The second kappa shape index (κ2) is 13.4. The van der Waals surface area contributed by atoms with Gasteiger partial charge in [-0.2, -0.15) is 5.26 Å². The third-order valence-corrected chi connectivity index (χ3v) is 9.62. The molecular formula is C36H38F5N. The molecule has 0 N–H and O–H groups in total. The highest BCUT2D eigenvalue weighted by molar-refractivity contribution is 5.41. The van der Waals surface area contributed by atoms with Crippen LogP contribution in [-0.2, 0) is 25.7 Å². The first-order chi connectivity index (χ1) is 20.3. The molecule has 0 bridgehead atoms. The number of nitrogens with zero attached hydrogens (tertiary/aromatic N) is 1. The zero-order valence-corrected chi connectivity index (χ0v) is 24.2. The van der Waals surface area contributed by atoms with Gasteiger partial charge in [-0.25, -0.2) is 22.0 Å². The number of nitriles is 1. The highest BCUT2D eigenvalue weighted by Gasteiger charge is 2.34. The lowest BCUT2D eigenvalue weighted by Gasteiger charge is -2.32. The largest absolute Gasteiger partial charge is 0.206 e. The molecule has 1 saturated carbocycles. The summed E-state index contributed by atoms with van der Waals surface area (Å²) in [6, 6.07) is 12.9. The average molecular weight is 580 g/mol. The average Bonchev–Trinajstić information content (AvgIpc) is 3.02. The number of unbranched alkanes of at least 4 members (excludes halogenated alkanes) is 2. The number of hydrogen-bond acceptors (Lipinski definition) is 1. The second-order valence-corrected chi connectivity index (χ2v) is 12.2. The van der Waals surface area contributed by atoms with Crippen molar-refractivity contribution in [3.63, 3.8) is 0 Å². The maximum Gasteiger partial charge on any atom is 0.165 e. The zero-order valence-electron chi connectivity index (χ0n) is 24.2. The van der Waals surface area contributed by atoms with Crippen LogP contribution in [0, 0.1) is 46.3 Å². The van der Waals surface area contributed by atoms with Gasteiger partial charge in [0.1, 0.15) is 5.82 Å². The molecule has 0 radical (unpaired) electrons. The molecule has 2 aliphatic rings. The Balaban J connectivity index is 1.24. The third kappa shape index (κ3) is 6.26. The number of benzene rings is 3. The summed E-state index contributed by atoms with van der Waals surface area (Å²) in [6.07, 6.45) is 7.80. The van der Waals surface area contributed by atoms with Crippen molar-refractivity contribution in [3.05, 3.63) is 104 Å². The number of rotatable bonds is 9. The number of hydrogen-bond donors (Lipinski definition) is 0. The van der Waals surface area contributed by atoms with Crippen molar-refractivity contribution in [2.45, 2.75) is 102 Å². The minimum atomic E-state index is -1.07. The normalized spacial score (nSPS) is 20.3. The van der Waals surface area contributed by atoms with Gasteiger partial charge in [0.15, 0.2) is 23.3 Å². The van der Waals surface area contributed by atoms with Crippen LogP contribution in [0.2, 0.25) is 0 Å². The second-order valence-electron chi connectivity index (χ2n) is 12.2. The predicted octanol–water partition coefficient (Wildman–Crippen LogP) is 10.2. The van der Waals surface area contributed by atoms with Gasteiger partial charge in [0.05, 0.1) is 11.6 Å². The molecule has 0 aromatic heterocycles. The fraction of sp³-hybridized carbons (Fsp3) is 0.472. The minimum absolute atomic E-state index is 0.0637. The summed E-state index contributed by atoms with van der Waals surface area (Å²) in [5.41, 5.74) is 2.67. The Kier molecular flexibility index (Phi) is 9.66. The molecule has 3 aromatic rings. The number of fused-ring (bicyclic) bond motifs is 1. The third-order valence-electron chi connectivity index (χ3n) is 9.62. The van der Waals surface area contributed by atoms with Crippen LogP contribution in [-0.4, -0.2) is 0 Å². The summed E-state index contributed by atoms with van der Waals surface area (Å²) in [4.78, 5) is 0. The van der Waals surface area contributed by atoms with Crippen LogP contribution in [0.25, 0.3) is 0 Å². The van der Waals surface area contributed by atoms with Crippen LogP contribution in [0.1, 0.15) is 115 Å². The van der Waals surface area contributed by atoms with Gasteiger partial charge in [0.25, 0.3) is 0 Å². The topological polar surface area (TPSA) is 23.8 Å². The van der Waals surface area contributed by atoms with Crippen molar-refractivity contribution in [2.75, 3.05) is 0 Å². The first kappa shape index (κ1) is 30.3. The Bertz CT molecular complexity index is 1450. The van der Waals surface area contributed by atoms with E-state index in [9.17, 15) is 8.78 Å². The van der Waals surface area contributed by atoms with Crippen molar-refractivity contribution in [1.29, 1.82) is 5.26 Å². The van der Waals surface area contributed by atoms with Gasteiger partial charge in [-0.1, -0.05) is 44.0 Å². The summed E-state index contributed by atoms with van der Waals surface area (Å²) in [7, 11) is 0. The van der Waals surface area contributed by atoms with Crippen LogP contribution in [0.3, 0.4) is 0 Å². The smallest absolute Gasteiger partial charge is 0.165 e. The van der Waals surface area contributed by atoms with E-state index in [-0.39, 0.29) is 40.9 Å². The minimum Gasteiger partial charge on any atom is -0.206 e. The van der Waals surface area contributed by atoms with Crippen molar-refractivity contribution >= 4 is 0 Å². The van der Waals surface area contributed by atoms with Crippen molar-refractivity contribution < 1.29 is 22.0 Å². The molecule has 3 aromatic carbocycles. The highest BCUT2D eigenvalue weighted by atomic mass is 19.2. The quantitative estimate of drug-likeness (QED) is 0.141. The number of aryl methyl sites for hydroxylation is 2. The molecule has 1 fully saturated rings. The molecule has 0 saturated heterocycles. The van der Waals surface area contributed by atoms with Crippen molar-refractivity contribution in [3.8, 4) is 6.07 Å². The van der Waals surface area contributed by atoms with Crippen LogP contribution in [0.4, 0.5) is 22.0 Å². The van der Waals surface area contributed by atoms with Crippen molar-refractivity contribution in [2.24, 2.45) is 5.92 Å². The highest BCUT2D eigenvalue weighted by Crippen LogP contribution is 2.45. The summed E-state index contributed by atoms with van der Waals surface area (Å²) in [5.74, 6) is -4.41. The van der Waals surface area contributed by atoms with E-state index in [2.05, 4.69) is 13.0 Å². The van der Waals surface area contributed by atoms with Gasteiger partial charge in [0.2, 0.25) is 0 Å². The van der Waals surface area contributed by atoms with Crippen LogP contribution in [0.5, 0.6) is 0 Å². The fourth-order valence-corrected chi connectivity index (χ4v) is 7.08. The van der Waals surface area contributed by atoms with Crippen LogP contribution in [0.15, 0.2) is 36.4 Å². The molecule has 0 aliphatic heterocycles. The van der Waals surface area contributed by atoms with Crippen LogP contribution >= 0.6 is 0 Å². The maximum atomic E-state index is 15.8. The molecule has 5 rings (SSSR count). The van der Waals surface area contributed by atoms with Gasteiger partial charge in [-0.15, -0.1) is 0 Å². The molecule has 1 unspecified atom stereocenters. The molecule has 0 heterocycles. The molecule has 42 heavy (non-hydrogen) atoms. The fourth-order valence-electron chi connectivity index (χ4n) is 7.08. The molecule has 2 aliphatic carbocycles. The van der Waals surface area contributed by atoms with E-state index in [1.807, 2.05) is 12.1 Å². The van der Waals surface area contributed by atoms with E-state index in [1.165, 1.54) is 0 Å². The van der Waals surface area contributed by atoms with E-state index < -0.39 is 29.1 Å². The molecule has 222 valence electrons. The molecule has 6 heteroatoms. The Morgan fingerprint density at radius 1 is 0.690 bits per heavy atom. The van der Waals surface area contributed by atoms with E-state index >= 15 is 13.2 Å². The van der Waals surface area contributed by atoms with E-state index in [0.29, 0.717) is 61.6 Å². The van der Waals surface area contributed by atoms with Crippen molar-refractivity contribution in [1.82, 2.24) is 0 Å². The lowest BCUT2D eigenvalue weighted by molar-refractivity contribution is 0.354. The van der Waals surface area contributed by atoms with E-state index in [1.54, 1.807) is 24.3 Å². The summed E-state index contributed by atoms with van der Waals surface area (Å²) < 4.78 is 76.0. The van der Waals surface area contributed by atoms with Crippen LogP contribution < -0.4 is 0 Å². The first-order valence-corrected chi connectivity index (χ1v) is 15.5. The van der Waals surface area contributed by atoms with Gasteiger partial charge < -0.3 is 0 Å². The lowest BCUT2D eigenvalue weighted by Crippen LogP contribution is -2.23. The molecule has 1 atom stereocenters. The summed E-state index contributed by atoms with van der Waals surface area (Å²) >= 11 is 0. The zero-order chi connectivity index (χ0) is 29.8. The Hall–Kier alpha value is -3.20.